The second-order valence-electron chi connectivity index (χ2n) is 5.53. The molecule has 0 atom stereocenters. The molecule has 0 aliphatic carbocycles. The molecule has 0 saturated heterocycles. The van der Waals surface area contributed by atoms with Gasteiger partial charge in [-0.2, -0.15) is 4.98 Å². The standard InChI is InChI=1S/C17H19N5O2/c1-12-6-7-13(2)22(12)11-15(23)19-10-8-16-20-17(21-24-16)14-5-3-4-9-18-14/h3-7,9H,8,10-11H2,1-2H3,(H,19,23). The van der Waals surface area contributed by atoms with Gasteiger partial charge in [0.15, 0.2) is 0 Å². The van der Waals surface area contributed by atoms with E-state index in [1.165, 1.54) is 0 Å². The Morgan fingerprint density at radius 3 is 2.71 bits per heavy atom. The average Bonchev–Trinajstić information content (AvgIpc) is 3.18. The number of carbonyl (C=O) groups excluding carboxylic acids is 1. The lowest BCUT2D eigenvalue weighted by atomic mass is 10.3. The minimum absolute atomic E-state index is 0.0399. The van der Waals surface area contributed by atoms with Crippen LogP contribution in [0.4, 0.5) is 0 Å². The molecule has 0 aromatic carbocycles. The fourth-order valence-electron chi connectivity index (χ4n) is 2.41. The highest BCUT2D eigenvalue weighted by Crippen LogP contribution is 2.11. The van der Waals surface area contributed by atoms with Gasteiger partial charge >= 0.3 is 0 Å². The molecule has 1 N–H and O–H groups in total. The minimum Gasteiger partial charge on any atom is -0.354 e. The van der Waals surface area contributed by atoms with Crippen molar-refractivity contribution in [1.82, 2.24) is 25.0 Å². The molecule has 0 aliphatic rings. The Hall–Kier alpha value is -2.96. The summed E-state index contributed by atoms with van der Waals surface area (Å²) in [5.74, 6) is 0.890. The Kier molecular flexibility index (Phi) is 4.69. The third kappa shape index (κ3) is 3.68. The van der Waals surface area contributed by atoms with Crippen LogP contribution in [0.25, 0.3) is 11.5 Å². The van der Waals surface area contributed by atoms with Crippen LogP contribution < -0.4 is 5.32 Å². The summed E-state index contributed by atoms with van der Waals surface area (Å²) in [6, 6.07) is 9.51. The number of aromatic nitrogens is 4. The van der Waals surface area contributed by atoms with E-state index in [2.05, 4.69) is 20.4 Å². The first-order chi connectivity index (χ1) is 11.6. The van der Waals surface area contributed by atoms with E-state index in [0.29, 0.717) is 36.9 Å². The van der Waals surface area contributed by atoms with Gasteiger partial charge < -0.3 is 14.4 Å². The topological polar surface area (TPSA) is 85.8 Å². The third-order valence-corrected chi connectivity index (χ3v) is 3.74. The zero-order valence-corrected chi connectivity index (χ0v) is 13.7. The number of hydrogen-bond donors (Lipinski definition) is 1. The van der Waals surface area contributed by atoms with E-state index in [9.17, 15) is 4.79 Å². The average molecular weight is 325 g/mol. The smallest absolute Gasteiger partial charge is 0.239 e. The molecule has 0 bridgehead atoms. The van der Waals surface area contributed by atoms with Gasteiger partial charge in [0, 0.05) is 30.6 Å². The molecule has 3 aromatic rings. The molecule has 24 heavy (non-hydrogen) atoms. The molecule has 7 heteroatoms. The number of hydrogen-bond acceptors (Lipinski definition) is 5. The molecule has 3 aromatic heterocycles. The van der Waals surface area contributed by atoms with Gasteiger partial charge in [0.2, 0.25) is 17.6 Å². The summed E-state index contributed by atoms with van der Waals surface area (Å²) in [7, 11) is 0. The molecule has 124 valence electrons. The summed E-state index contributed by atoms with van der Waals surface area (Å²) in [6.45, 7) is 4.73. The number of rotatable bonds is 6. The molecule has 7 nitrogen and oxygen atoms in total. The Morgan fingerprint density at radius 2 is 2.00 bits per heavy atom. The molecule has 0 aliphatic heterocycles. The van der Waals surface area contributed by atoms with Crippen molar-refractivity contribution in [2.24, 2.45) is 0 Å². The molecule has 0 fully saturated rings. The van der Waals surface area contributed by atoms with Crippen molar-refractivity contribution in [2.45, 2.75) is 26.8 Å². The number of carbonyl (C=O) groups is 1. The van der Waals surface area contributed by atoms with Crippen molar-refractivity contribution in [3.63, 3.8) is 0 Å². The van der Waals surface area contributed by atoms with Gasteiger partial charge in [-0.25, -0.2) is 0 Å². The summed E-state index contributed by atoms with van der Waals surface area (Å²) in [5.41, 5.74) is 2.80. The van der Waals surface area contributed by atoms with Crippen molar-refractivity contribution < 1.29 is 9.32 Å². The van der Waals surface area contributed by atoms with E-state index in [0.717, 1.165) is 11.4 Å². The summed E-state index contributed by atoms with van der Waals surface area (Å²) in [4.78, 5) is 20.5. The fourth-order valence-corrected chi connectivity index (χ4v) is 2.41. The lowest BCUT2D eigenvalue weighted by Gasteiger charge is -2.09. The highest BCUT2D eigenvalue weighted by Gasteiger charge is 2.10. The summed E-state index contributed by atoms with van der Waals surface area (Å²) in [6.07, 6.45) is 2.16. The van der Waals surface area contributed by atoms with Crippen LogP contribution in [0, 0.1) is 13.8 Å². The van der Waals surface area contributed by atoms with Crippen LogP contribution in [0.1, 0.15) is 17.3 Å². The summed E-state index contributed by atoms with van der Waals surface area (Å²) in [5, 5.41) is 6.77. The first-order valence-corrected chi connectivity index (χ1v) is 7.77. The maximum absolute atomic E-state index is 12.0. The van der Waals surface area contributed by atoms with Crippen LogP contribution in [-0.4, -0.2) is 32.1 Å². The second kappa shape index (κ2) is 7.08. The minimum atomic E-state index is -0.0399. The maximum atomic E-state index is 12.0. The normalized spacial score (nSPS) is 10.8. The second-order valence-corrected chi connectivity index (χ2v) is 5.53. The number of nitrogens with zero attached hydrogens (tertiary/aromatic N) is 4. The Labute approximate surface area is 139 Å². The van der Waals surface area contributed by atoms with Crippen molar-refractivity contribution in [2.75, 3.05) is 6.54 Å². The molecule has 3 rings (SSSR count). The largest absolute Gasteiger partial charge is 0.354 e. The molecule has 0 unspecified atom stereocenters. The van der Waals surface area contributed by atoms with Gasteiger partial charge in [0.1, 0.15) is 12.2 Å². The third-order valence-electron chi connectivity index (χ3n) is 3.74. The maximum Gasteiger partial charge on any atom is 0.239 e. The van der Waals surface area contributed by atoms with E-state index in [1.807, 2.05) is 48.7 Å². The first-order valence-electron chi connectivity index (χ1n) is 7.77. The summed E-state index contributed by atoms with van der Waals surface area (Å²) < 4.78 is 7.16. The Morgan fingerprint density at radius 1 is 1.21 bits per heavy atom. The number of amides is 1. The van der Waals surface area contributed by atoms with E-state index in [-0.39, 0.29) is 5.91 Å². The predicted molar refractivity (Wildman–Crippen MR) is 88.1 cm³/mol. The highest BCUT2D eigenvalue weighted by molar-refractivity contribution is 5.75. The van der Waals surface area contributed by atoms with Crippen LogP contribution in [0.2, 0.25) is 0 Å². The zero-order chi connectivity index (χ0) is 16.9. The van der Waals surface area contributed by atoms with Gasteiger partial charge in [-0.05, 0) is 38.1 Å². The van der Waals surface area contributed by atoms with E-state index in [1.54, 1.807) is 6.20 Å². The number of nitrogens with one attached hydrogen (secondary N) is 1. The van der Waals surface area contributed by atoms with Crippen LogP contribution in [0.3, 0.4) is 0 Å². The van der Waals surface area contributed by atoms with Gasteiger partial charge in [0.05, 0.1) is 0 Å². The molecule has 1 amide bonds. The SMILES string of the molecule is Cc1ccc(C)n1CC(=O)NCCc1nc(-c2ccccn2)no1. The number of aryl methyl sites for hydroxylation is 2. The van der Waals surface area contributed by atoms with Crippen molar-refractivity contribution in [3.05, 3.63) is 53.8 Å². The van der Waals surface area contributed by atoms with Crippen LogP contribution in [0.15, 0.2) is 41.1 Å². The molecule has 0 saturated carbocycles. The van der Waals surface area contributed by atoms with Crippen LogP contribution in [0.5, 0.6) is 0 Å². The van der Waals surface area contributed by atoms with Crippen molar-refractivity contribution in [3.8, 4) is 11.5 Å². The van der Waals surface area contributed by atoms with Crippen LogP contribution in [-0.2, 0) is 17.8 Å². The van der Waals surface area contributed by atoms with Crippen molar-refractivity contribution in [1.29, 1.82) is 0 Å². The quantitative estimate of drug-likeness (QED) is 0.748. The first kappa shape index (κ1) is 15.9. The zero-order valence-electron chi connectivity index (χ0n) is 13.7. The molecule has 0 spiro atoms. The van der Waals surface area contributed by atoms with E-state index in [4.69, 9.17) is 4.52 Å². The van der Waals surface area contributed by atoms with Gasteiger partial charge in [-0.1, -0.05) is 11.2 Å². The van der Waals surface area contributed by atoms with E-state index >= 15 is 0 Å². The number of pyridine rings is 1. The molecule has 0 radical (unpaired) electrons. The monoisotopic (exact) mass is 325 g/mol. The molecular weight excluding hydrogens is 306 g/mol. The van der Waals surface area contributed by atoms with Crippen LogP contribution >= 0.6 is 0 Å². The summed E-state index contributed by atoms with van der Waals surface area (Å²) >= 11 is 0. The van der Waals surface area contributed by atoms with Gasteiger partial charge in [-0.3, -0.25) is 9.78 Å². The van der Waals surface area contributed by atoms with Gasteiger partial charge in [0.25, 0.3) is 0 Å². The highest BCUT2D eigenvalue weighted by atomic mass is 16.5. The van der Waals surface area contributed by atoms with E-state index < -0.39 is 0 Å². The van der Waals surface area contributed by atoms with Crippen molar-refractivity contribution >= 4 is 5.91 Å². The van der Waals surface area contributed by atoms with Gasteiger partial charge in [-0.15, -0.1) is 0 Å². The fraction of sp³-hybridized carbons (Fsp3) is 0.294. The molecule has 3 heterocycles. The Bertz CT molecular complexity index is 803. The lowest BCUT2D eigenvalue weighted by Crippen LogP contribution is -2.30. The Balaban J connectivity index is 1.50. The molecular formula is C17H19N5O2. The predicted octanol–water partition coefficient (Wildman–Crippen LogP) is 1.91. The lowest BCUT2D eigenvalue weighted by molar-refractivity contribution is -0.121.